The predicted octanol–water partition coefficient (Wildman–Crippen LogP) is 3.36. The van der Waals surface area contributed by atoms with Crippen molar-refractivity contribution in [3.8, 4) is 5.75 Å². The summed E-state index contributed by atoms with van der Waals surface area (Å²) in [4.78, 5) is 11.8. The molecule has 2 rings (SSSR count). The Balaban J connectivity index is 2.22. The molecule has 2 aromatic rings. The van der Waals surface area contributed by atoms with E-state index in [0.717, 1.165) is 22.4 Å². The number of hydrazine groups is 1. The molecule has 0 bridgehead atoms. The van der Waals surface area contributed by atoms with Crippen LogP contribution in [0.4, 0.5) is 5.69 Å². The van der Waals surface area contributed by atoms with Crippen LogP contribution in [0.1, 0.15) is 36.1 Å². The summed E-state index contributed by atoms with van der Waals surface area (Å²) in [6.07, 6.45) is 0. The fourth-order valence-electron chi connectivity index (χ4n) is 3.03. The minimum absolute atomic E-state index is 0.0576. The smallest absolute Gasteiger partial charge is 0.354 e. The number of nitrogens with zero attached hydrogens (tertiary/aromatic N) is 1. The summed E-state index contributed by atoms with van der Waals surface area (Å²) in [5.74, 6) is 6.03. The lowest BCUT2D eigenvalue weighted by atomic mass is 10.00. The Labute approximate surface area is 177 Å². The second-order valence-electron chi connectivity index (χ2n) is 7.09. The van der Waals surface area contributed by atoms with E-state index >= 15 is 0 Å². The first kappa shape index (κ1) is 23.0. The fourth-order valence-corrected chi connectivity index (χ4v) is 3.03. The third kappa shape index (κ3) is 5.18. The molecular formula is C23H30N4O3. The maximum atomic E-state index is 11.8. The second kappa shape index (κ2) is 9.93. The Hall–Kier alpha value is -3.32. The van der Waals surface area contributed by atoms with Gasteiger partial charge in [0.1, 0.15) is 18.1 Å². The Kier molecular flexibility index (Phi) is 7.60. The highest BCUT2D eigenvalue weighted by molar-refractivity contribution is 6.13. The minimum atomic E-state index is -0.615. The van der Waals surface area contributed by atoms with Gasteiger partial charge >= 0.3 is 5.97 Å². The molecule has 0 aliphatic carbocycles. The van der Waals surface area contributed by atoms with E-state index in [-0.39, 0.29) is 18.0 Å². The highest BCUT2D eigenvalue weighted by Gasteiger charge is 2.16. The van der Waals surface area contributed by atoms with Gasteiger partial charge in [-0.1, -0.05) is 12.1 Å². The van der Waals surface area contributed by atoms with Crippen LogP contribution in [0.5, 0.6) is 5.75 Å². The molecule has 2 aromatic carbocycles. The van der Waals surface area contributed by atoms with Gasteiger partial charge in [0.25, 0.3) is 0 Å². The normalized spacial score (nSPS) is 11.5. The zero-order valence-corrected chi connectivity index (χ0v) is 18.2. The average Bonchev–Trinajstić information content (AvgIpc) is 2.71. The highest BCUT2D eigenvalue weighted by atomic mass is 16.5. The molecule has 0 fully saturated rings. The van der Waals surface area contributed by atoms with Crippen molar-refractivity contribution >= 4 is 17.4 Å². The predicted molar refractivity (Wildman–Crippen MR) is 120 cm³/mol. The van der Waals surface area contributed by atoms with Crippen LogP contribution < -0.4 is 21.3 Å². The number of nitrogens with two attached hydrogens (primary N) is 2. The van der Waals surface area contributed by atoms with Gasteiger partial charge in [0, 0.05) is 23.7 Å². The quantitative estimate of drug-likeness (QED) is 0.202. The number of hydrogen-bond donors (Lipinski definition) is 3. The van der Waals surface area contributed by atoms with E-state index in [0.29, 0.717) is 23.5 Å². The molecule has 160 valence electrons. The number of nitrogens with one attached hydrogen (secondary N) is 1. The van der Waals surface area contributed by atoms with E-state index in [2.05, 4.69) is 0 Å². The van der Waals surface area contributed by atoms with Gasteiger partial charge < -0.3 is 20.2 Å². The van der Waals surface area contributed by atoms with Crippen LogP contribution in [-0.4, -0.2) is 25.3 Å². The molecule has 0 spiro atoms. The summed E-state index contributed by atoms with van der Waals surface area (Å²) in [6.45, 7) is 7.88. The van der Waals surface area contributed by atoms with Crippen LogP contribution in [0.25, 0.3) is 0 Å². The topological polar surface area (TPSA) is 115 Å². The van der Waals surface area contributed by atoms with Crippen LogP contribution >= 0.6 is 0 Å². The summed E-state index contributed by atoms with van der Waals surface area (Å²) in [7, 11) is 1.79. The van der Waals surface area contributed by atoms with E-state index in [1.165, 1.54) is 0 Å². The van der Waals surface area contributed by atoms with Crippen molar-refractivity contribution in [2.24, 2.45) is 11.6 Å². The number of aryl methyl sites for hydroxylation is 2. The summed E-state index contributed by atoms with van der Waals surface area (Å²) in [5.41, 5.74) is 10.8. The van der Waals surface area contributed by atoms with Crippen molar-refractivity contribution in [1.29, 1.82) is 5.41 Å². The molecule has 0 saturated carbocycles. The Morgan fingerprint density at radius 3 is 2.47 bits per heavy atom. The molecule has 0 radical (unpaired) electrons. The molecule has 0 aliphatic rings. The average molecular weight is 411 g/mol. The first-order valence-electron chi connectivity index (χ1n) is 9.70. The van der Waals surface area contributed by atoms with Gasteiger partial charge in [-0.2, -0.15) is 0 Å². The number of allylic oxidation sites excluding steroid dienone is 1. The minimum Gasteiger partial charge on any atom is -0.489 e. The van der Waals surface area contributed by atoms with Crippen molar-refractivity contribution in [3.63, 3.8) is 0 Å². The molecule has 0 unspecified atom stereocenters. The van der Waals surface area contributed by atoms with E-state index in [1.54, 1.807) is 32.0 Å². The van der Waals surface area contributed by atoms with Crippen molar-refractivity contribution in [3.05, 3.63) is 69.9 Å². The molecule has 7 nitrogen and oxygen atoms in total. The molecule has 30 heavy (non-hydrogen) atoms. The number of carbonyl (C=O) groups is 1. The van der Waals surface area contributed by atoms with E-state index in [9.17, 15) is 4.79 Å². The zero-order valence-electron chi connectivity index (χ0n) is 18.2. The van der Waals surface area contributed by atoms with E-state index < -0.39 is 5.97 Å². The Bertz CT molecular complexity index is 980. The lowest BCUT2D eigenvalue weighted by molar-refractivity contribution is -0.138. The standard InChI is InChI=1S/C23H30N4O3/c1-6-29-23(28)22(25)16(4)21(24)17-10-11-20(15(3)12-17)30-13-18-14(2)8-7-9-19(18)27(5)26/h7-12,24H,6,13,25-26H2,1-5H3/b22-16-,24-21?. The molecule has 7 heteroatoms. The van der Waals surface area contributed by atoms with Crippen LogP contribution in [0.3, 0.4) is 0 Å². The van der Waals surface area contributed by atoms with E-state index in [4.69, 9.17) is 26.5 Å². The third-order valence-electron chi connectivity index (χ3n) is 4.88. The summed E-state index contributed by atoms with van der Waals surface area (Å²) in [5, 5.41) is 9.97. The van der Waals surface area contributed by atoms with Gasteiger partial charge in [0.2, 0.25) is 0 Å². The van der Waals surface area contributed by atoms with Crippen molar-refractivity contribution in [2.75, 3.05) is 18.7 Å². The van der Waals surface area contributed by atoms with Crippen molar-refractivity contribution in [1.82, 2.24) is 0 Å². The van der Waals surface area contributed by atoms with Crippen LogP contribution in [0, 0.1) is 19.3 Å². The summed E-state index contributed by atoms with van der Waals surface area (Å²) in [6, 6.07) is 11.4. The molecule has 5 N–H and O–H groups in total. The second-order valence-corrected chi connectivity index (χ2v) is 7.09. The first-order chi connectivity index (χ1) is 14.2. The maximum Gasteiger partial charge on any atom is 0.354 e. The number of carbonyl (C=O) groups excluding carboxylic acids is 1. The molecule has 0 heterocycles. The largest absolute Gasteiger partial charge is 0.489 e. The molecule has 0 aliphatic heterocycles. The Morgan fingerprint density at radius 1 is 1.17 bits per heavy atom. The number of esters is 1. The van der Waals surface area contributed by atoms with Gasteiger partial charge in [-0.15, -0.1) is 0 Å². The molecule has 0 atom stereocenters. The fraction of sp³-hybridized carbons (Fsp3) is 0.304. The number of benzene rings is 2. The number of hydrogen-bond acceptors (Lipinski definition) is 7. The number of ether oxygens (including phenoxy) is 2. The van der Waals surface area contributed by atoms with Gasteiger partial charge in [0.15, 0.2) is 0 Å². The SMILES string of the molecule is CCOC(=O)/C(N)=C(\C)C(=N)c1ccc(OCc2c(C)cccc2N(C)N)c(C)c1. The Morgan fingerprint density at radius 2 is 1.87 bits per heavy atom. The maximum absolute atomic E-state index is 11.8. The first-order valence-corrected chi connectivity index (χ1v) is 9.70. The number of rotatable bonds is 8. The van der Waals surface area contributed by atoms with Gasteiger partial charge in [-0.3, -0.25) is 5.41 Å². The van der Waals surface area contributed by atoms with Crippen molar-refractivity contribution < 1.29 is 14.3 Å². The zero-order chi connectivity index (χ0) is 22.4. The van der Waals surface area contributed by atoms with Gasteiger partial charge in [-0.05, 0) is 63.1 Å². The van der Waals surface area contributed by atoms with Crippen LogP contribution in [-0.2, 0) is 16.1 Å². The highest BCUT2D eigenvalue weighted by Crippen LogP contribution is 2.26. The summed E-state index contributed by atoms with van der Waals surface area (Å²) < 4.78 is 11.0. The monoisotopic (exact) mass is 410 g/mol. The summed E-state index contributed by atoms with van der Waals surface area (Å²) >= 11 is 0. The van der Waals surface area contributed by atoms with Crippen LogP contribution in [0.15, 0.2) is 47.7 Å². The van der Waals surface area contributed by atoms with Gasteiger partial charge in [0.05, 0.1) is 18.0 Å². The lowest BCUT2D eigenvalue weighted by Crippen LogP contribution is -2.26. The lowest BCUT2D eigenvalue weighted by Gasteiger charge is -2.20. The number of anilines is 1. The van der Waals surface area contributed by atoms with E-state index in [1.807, 2.05) is 44.2 Å². The molecule has 0 aromatic heterocycles. The molecule has 0 saturated heterocycles. The molecule has 0 amide bonds. The molecular weight excluding hydrogens is 380 g/mol. The van der Waals surface area contributed by atoms with Crippen LogP contribution in [0.2, 0.25) is 0 Å². The van der Waals surface area contributed by atoms with Crippen molar-refractivity contribution in [2.45, 2.75) is 34.3 Å². The van der Waals surface area contributed by atoms with Gasteiger partial charge in [-0.25, -0.2) is 10.6 Å². The third-order valence-corrected chi connectivity index (χ3v) is 4.88.